The number of rotatable bonds is 4. The Morgan fingerprint density at radius 3 is 2.32 bits per heavy atom. The number of piperazine rings is 1. The van der Waals surface area contributed by atoms with E-state index in [4.69, 9.17) is 4.74 Å². The first-order chi connectivity index (χ1) is 10.6. The second-order valence-corrected chi connectivity index (χ2v) is 5.99. The van der Waals surface area contributed by atoms with Crippen molar-refractivity contribution in [2.45, 2.75) is 13.8 Å². The van der Waals surface area contributed by atoms with Crippen molar-refractivity contribution in [3.8, 4) is 5.75 Å². The molecule has 0 radical (unpaired) electrons. The predicted octanol–water partition coefficient (Wildman–Crippen LogP) is 2.05. The van der Waals surface area contributed by atoms with Crippen LogP contribution in [-0.4, -0.2) is 57.7 Å². The fourth-order valence-electron chi connectivity index (χ4n) is 2.60. The van der Waals surface area contributed by atoms with Gasteiger partial charge in [0.2, 0.25) is 0 Å². The molecule has 0 spiro atoms. The summed E-state index contributed by atoms with van der Waals surface area (Å²) in [6.07, 6.45) is 0. The third kappa shape index (κ3) is 4.29. The molecule has 0 bridgehead atoms. The van der Waals surface area contributed by atoms with E-state index in [0.717, 1.165) is 44.4 Å². The monoisotopic (exact) mass is 304 g/mol. The minimum Gasteiger partial charge on any atom is -0.497 e. The van der Waals surface area contributed by atoms with E-state index in [1.165, 1.54) is 5.69 Å². The molecule has 1 aromatic carbocycles. The molecule has 1 heterocycles. The fraction of sp³-hybridized carbons (Fsp3) is 0.588. The highest BCUT2D eigenvalue weighted by atomic mass is 16.5. The highest BCUT2D eigenvalue weighted by Gasteiger charge is 2.19. The Morgan fingerprint density at radius 1 is 1.18 bits per heavy atom. The van der Waals surface area contributed by atoms with Gasteiger partial charge in [-0.1, -0.05) is 13.8 Å². The van der Waals surface area contributed by atoms with Crippen molar-refractivity contribution in [3.63, 3.8) is 0 Å². The predicted molar refractivity (Wildman–Crippen MR) is 93.0 cm³/mol. The summed E-state index contributed by atoms with van der Waals surface area (Å²) in [5, 5.41) is 3.45. The van der Waals surface area contributed by atoms with Gasteiger partial charge in [0.05, 0.1) is 7.11 Å². The normalized spacial score (nSPS) is 16.1. The van der Waals surface area contributed by atoms with E-state index in [2.05, 4.69) is 46.1 Å². The van der Waals surface area contributed by atoms with Crippen molar-refractivity contribution in [3.05, 3.63) is 24.3 Å². The Kier molecular flexibility index (Phi) is 5.92. The summed E-state index contributed by atoms with van der Waals surface area (Å²) >= 11 is 0. The van der Waals surface area contributed by atoms with Crippen molar-refractivity contribution >= 4 is 11.6 Å². The number of hydrogen-bond acceptors (Lipinski definition) is 3. The van der Waals surface area contributed by atoms with Crippen molar-refractivity contribution in [1.29, 1.82) is 0 Å². The number of nitrogens with one attached hydrogen (secondary N) is 1. The van der Waals surface area contributed by atoms with Gasteiger partial charge in [-0.05, 0) is 30.2 Å². The molecule has 0 saturated carbocycles. The van der Waals surface area contributed by atoms with E-state index < -0.39 is 0 Å². The molecule has 0 aliphatic carbocycles. The topological polar surface area (TPSA) is 40.1 Å². The molecule has 0 amide bonds. The Bertz CT molecular complexity index is 476. The standard InChI is InChI=1S/C17H28N4O/c1-14(2)13-19-17(18-3)21-11-9-20(10-12-21)15-5-7-16(22-4)8-6-15/h5-8,14H,9-13H2,1-4H3,(H,18,19). The summed E-state index contributed by atoms with van der Waals surface area (Å²) in [6.45, 7) is 9.38. The van der Waals surface area contributed by atoms with Crippen LogP contribution >= 0.6 is 0 Å². The van der Waals surface area contributed by atoms with Crippen LogP contribution in [-0.2, 0) is 0 Å². The number of nitrogens with zero attached hydrogens (tertiary/aromatic N) is 3. The van der Waals surface area contributed by atoms with Crippen LogP contribution in [0.3, 0.4) is 0 Å². The molecular weight excluding hydrogens is 276 g/mol. The lowest BCUT2D eigenvalue weighted by Crippen LogP contribution is -2.53. The van der Waals surface area contributed by atoms with Gasteiger partial charge in [0.25, 0.3) is 0 Å². The largest absolute Gasteiger partial charge is 0.497 e. The van der Waals surface area contributed by atoms with Crippen LogP contribution in [0.4, 0.5) is 5.69 Å². The van der Waals surface area contributed by atoms with Crippen LogP contribution in [0, 0.1) is 5.92 Å². The SMILES string of the molecule is CN=C(NCC(C)C)N1CCN(c2ccc(OC)cc2)CC1. The molecule has 5 nitrogen and oxygen atoms in total. The van der Waals surface area contributed by atoms with Gasteiger partial charge in [0.15, 0.2) is 5.96 Å². The average molecular weight is 304 g/mol. The first-order valence-electron chi connectivity index (χ1n) is 7.98. The van der Waals surface area contributed by atoms with Crippen molar-refractivity contribution < 1.29 is 4.74 Å². The lowest BCUT2D eigenvalue weighted by molar-refractivity contribution is 0.370. The number of aliphatic imine (C=N–C) groups is 1. The maximum atomic E-state index is 5.21. The fourth-order valence-corrected chi connectivity index (χ4v) is 2.60. The summed E-state index contributed by atoms with van der Waals surface area (Å²) in [7, 11) is 3.56. The Balaban J connectivity index is 1.88. The molecule has 2 rings (SSSR count). The van der Waals surface area contributed by atoms with E-state index in [9.17, 15) is 0 Å². The third-order valence-electron chi connectivity index (χ3n) is 3.90. The summed E-state index contributed by atoms with van der Waals surface area (Å²) in [6, 6.07) is 8.29. The molecule has 0 aromatic heterocycles. The molecule has 5 heteroatoms. The molecule has 1 aliphatic heterocycles. The van der Waals surface area contributed by atoms with Crippen LogP contribution < -0.4 is 15.0 Å². The maximum absolute atomic E-state index is 5.21. The number of anilines is 1. The second kappa shape index (κ2) is 7.92. The Morgan fingerprint density at radius 2 is 1.82 bits per heavy atom. The van der Waals surface area contributed by atoms with Crippen LogP contribution in [0.25, 0.3) is 0 Å². The van der Waals surface area contributed by atoms with Crippen molar-refractivity contribution in [2.75, 3.05) is 51.8 Å². The summed E-state index contributed by atoms with van der Waals surface area (Å²) in [4.78, 5) is 9.14. The van der Waals surface area contributed by atoms with E-state index in [0.29, 0.717) is 5.92 Å². The first-order valence-corrected chi connectivity index (χ1v) is 7.98. The molecule has 0 unspecified atom stereocenters. The molecule has 22 heavy (non-hydrogen) atoms. The Hall–Kier alpha value is -1.91. The van der Waals surface area contributed by atoms with Gasteiger partial charge in [-0.2, -0.15) is 0 Å². The molecule has 1 N–H and O–H groups in total. The second-order valence-electron chi connectivity index (χ2n) is 5.99. The lowest BCUT2D eigenvalue weighted by Gasteiger charge is -2.37. The van der Waals surface area contributed by atoms with E-state index in [-0.39, 0.29) is 0 Å². The highest BCUT2D eigenvalue weighted by Crippen LogP contribution is 2.20. The minimum atomic E-state index is 0.623. The summed E-state index contributed by atoms with van der Waals surface area (Å²) in [5.41, 5.74) is 1.26. The maximum Gasteiger partial charge on any atom is 0.193 e. The van der Waals surface area contributed by atoms with Crippen LogP contribution in [0.15, 0.2) is 29.3 Å². The number of methoxy groups -OCH3 is 1. The first kappa shape index (κ1) is 16.5. The van der Waals surface area contributed by atoms with E-state index in [1.54, 1.807) is 7.11 Å². The quantitative estimate of drug-likeness (QED) is 0.683. The number of hydrogen-bond donors (Lipinski definition) is 1. The minimum absolute atomic E-state index is 0.623. The zero-order valence-corrected chi connectivity index (χ0v) is 14.2. The lowest BCUT2D eigenvalue weighted by atomic mass is 10.2. The van der Waals surface area contributed by atoms with Gasteiger partial charge in [-0.3, -0.25) is 4.99 Å². The summed E-state index contributed by atoms with van der Waals surface area (Å²) in [5.74, 6) is 2.54. The van der Waals surface area contributed by atoms with Crippen molar-refractivity contribution in [2.24, 2.45) is 10.9 Å². The molecular formula is C17H28N4O. The van der Waals surface area contributed by atoms with Gasteiger partial charge in [0.1, 0.15) is 5.75 Å². The van der Waals surface area contributed by atoms with Crippen LogP contribution in [0.5, 0.6) is 5.75 Å². The van der Waals surface area contributed by atoms with Crippen molar-refractivity contribution in [1.82, 2.24) is 10.2 Å². The zero-order chi connectivity index (χ0) is 15.9. The van der Waals surface area contributed by atoms with Gasteiger partial charge >= 0.3 is 0 Å². The average Bonchev–Trinajstić information content (AvgIpc) is 2.56. The number of benzene rings is 1. The van der Waals surface area contributed by atoms with E-state index >= 15 is 0 Å². The van der Waals surface area contributed by atoms with Gasteiger partial charge in [0, 0.05) is 45.5 Å². The van der Waals surface area contributed by atoms with Crippen LogP contribution in [0.1, 0.15) is 13.8 Å². The molecule has 122 valence electrons. The molecule has 1 fully saturated rings. The van der Waals surface area contributed by atoms with Crippen LogP contribution in [0.2, 0.25) is 0 Å². The third-order valence-corrected chi connectivity index (χ3v) is 3.90. The van der Waals surface area contributed by atoms with E-state index in [1.807, 2.05) is 19.2 Å². The highest BCUT2D eigenvalue weighted by molar-refractivity contribution is 5.80. The van der Waals surface area contributed by atoms with Gasteiger partial charge in [-0.15, -0.1) is 0 Å². The number of guanidine groups is 1. The summed E-state index contributed by atoms with van der Waals surface area (Å²) < 4.78 is 5.21. The molecule has 0 atom stereocenters. The molecule has 1 aliphatic rings. The number of ether oxygens (including phenoxy) is 1. The zero-order valence-electron chi connectivity index (χ0n) is 14.2. The smallest absolute Gasteiger partial charge is 0.193 e. The Labute approximate surface area is 134 Å². The molecule has 1 aromatic rings. The van der Waals surface area contributed by atoms with Gasteiger partial charge < -0.3 is 19.9 Å². The molecule has 1 saturated heterocycles. The van der Waals surface area contributed by atoms with Gasteiger partial charge in [-0.25, -0.2) is 0 Å².